The number of hydrogen-bond donors (Lipinski definition) is 1. The lowest BCUT2D eigenvalue weighted by atomic mass is 9.99. The van der Waals surface area contributed by atoms with E-state index in [0.29, 0.717) is 6.61 Å². The number of carbonyl (C=O) groups excluding carboxylic acids is 2. The fourth-order valence-electron chi connectivity index (χ4n) is 3.21. The number of benzene rings is 1. The lowest BCUT2D eigenvalue weighted by Crippen LogP contribution is -2.51. The minimum Gasteiger partial charge on any atom is -0.465 e. The molecular weight excluding hydrogens is 292 g/mol. The number of aryl methyl sites for hydroxylation is 2. The molecule has 1 amide bonds. The van der Waals surface area contributed by atoms with Crippen molar-refractivity contribution in [3.63, 3.8) is 0 Å². The van der Waals surface area contributed by atoms with E-state index in [4.69, 9.17) is 4.74 Å². The maximum absolute atomic E-state index is 12.4. The van der Waals surface area contributed by atoms with E-state index in [9.17, 15) is 9.59 Å². The SMILES string of the molecule is CCOC(=O)[C@]1(C)CCCN1CC(=O)Nc1cc(C)cc(C)c1. The minimum atomic E-state index is -0.699. The summed E-state index contributed by atoms with van der Waals surface area (Å²) in [6, 6.07) is 5.95. The van der Waals surface area contributed by atoms with Crippen LogP contribution in [0.1, 0.15) is 37.8 Å². The van der Waals surface area contributed by atoms with Crippen LogP contribution in [0.4, 0.5) is 5.69 Å². The fraction of sp³-hybridized carbons (Fsp3) is 0.556. The Morgan fingerprint density at radius 2 is 1.91 bits per heavy atom. The van der Waals surface area contributed by atoms with Crippen LogP contribution >= 0.6 is 0 Å². The molecule has 1 heterocycles. The van der Waals surface area contributed by atoms with Crippen LogP contribution in [0.5, 0.6) is 0 Å². The highest BCUT2D eigenvalue weighted by Crippen LogP contribution is 2.30. The molecule has 0 bridgehead atoms. The summed E-state index contributed by atoms with van der Waals surface area (Å²) in [4.78, 5) is 26.5. The van der Waals surface area contributed by atoms with Crippen LogP contribution in [0, 0.1) is 13.8 Å². The van der Waals surface area contributed by atoms with Crippen LogP contribution in [0.15, 0.2) is 18.2 Å². The zero-order valence-corrected chi connectivity index (χ0v) is 14.4. The lowest BCUT2D eigenvalue weighted by Gasteiger charge is -2.32. The average molecular weight is 318 g/mol. The largest absolute Gasteiger partial charge is 0.465 e. The minimum absolute atomic E-state index is 0.104. The van der Waals surface area contributed by atoms with Gasteiger partial charge in [-0.05, 0) is 70.3 Å². The van der Waals surface area contributed by atoms with Gasteiger partial charge in [0.1, 0.15) is 5.54 Å². The molecule has 1 aliphatic rings. The number of amides is 1. The Hall–Kier alpha value is -1.88. The molecule has 1 aromatic rings. The van der Waals surface area contributed by atoms with Gasteiger partial charge in [-0.2, -0.15) is 0 Å². The highest BCUT2D eigenvalue weighted by molar-refractivity contribution is 5.93. The van der Waals surface area contributed by atoms with E-state index in [-0.39, 0.29) is 18.4 Å². The third kappa shape index (κ3) is 4.10. The fourth-order valence-corrected chi connectivity index (χ4v) is 3.21. The van der Waals surface area contributed by atoms with E-state index in [0.717, 1.165) is 36.2 Å². The number of carbonyl (C=O) groups is 2. The van der Waals surface area contributed by atoms with Crippen LogP contribution < -0.4 is 5.32 Å². The molecule has 2 rings (SSSR count). The van der Waals surface area contributed by atoms with E-state index in [1.807, 2.05) is 37.8 Å². The van der Waals surface area contributed by atoms with Crippen molar-refractivity contribution in [3.8, 4) is 0 Å². The molecule has 1 atom stereocenters. The van der Waals surface area contributed by atoms with Crippen molar-refractivity contribution in [1.29, 1.82) is 0 Å². The highest BCUT2D eigenvalue weighted by atomic mass is 16.5. The second kappa shape index (κ2) is 7.13. The summed E-state index contributed by atoms with van der Waals surface area (Å²) in [7, 11) is 0. The zero-order chi connectivity index (χ0) is 17.0. The molecule has 0 aliphatic carbocycles. The van der Waals surface area contributed by atoms with Crippen LogP contribution in [-0.2, 0) is 14.3 Å². The second-order valence-electron chi connectivity index (χ2n) is 6.44. The van der Waals surface area contributed by atoms with E-state index in [1.165, 1.54) is 0 Å². The first kappa shape index (κ1) is 17.5. The Bertz CT molecular complexity index is 580. The zero-order valence-electron chi connectivity index (χ0n) is 14.4. The number of rotatable bonds is 5. The van der Waals surface area contributed by atoms with Crippen molar-refractivity contribution < 1.29 is 14.3 Å². The molecule has 0 saturated carbocycles. The summed E-state index contributed by atoms with van der Waals surface area (Å²) in [6.07, 6.45) is 1.62. The quantitative estimate of drug-likeness (QED) is 0.848. The molecule has 1 N–H and O–H groups in total. The molecule has 0 spiro atoms. The van der Waals surface area contributed by atoms with Crippen LogP contribution in [0.25, 0.3) is 0 Å². The number of nitrogens with zero attached hydrogens (tertiary/aromatic N) is 1. The lowest BCUT2D eigenvalue weighted by molar-refractivity contribution is -0.155. The molecule has 126 valence electrons. The molecule has 0 unspecified atom stereocenters. The first-order chi connectivity index (χ1) is 10.8. The van der Waals surface area contributed by atoms with Crippen molar-refractivity contribution in [2.75, 3.05) is 25.0 Å². The molecule has 0 aromatic heterocycles. The Labute approximate surface area is 138 Å². The summed E-state index contributed by atoms with van der Waals surface area (Å²) in [6.45, 7) is 8.95. The van der Waals surface area contributed by atoms with Gasteiger partial charge in [0.2, 0.25) is 5.91 Å². The van der Waals surface area contributed by atoms with Gasteiger partial charge in [0.05, 0.1) is 13.2 Å². The number of ether oxygens (including phenoxy) is 1. The highest BCUT2D eigenvalue weighted by Gasteiger charge is 2.45. The molecule has 0 radical (unpaired) electrons. The molecule has 5 heteroatoms. The van der Waals surface area contributed by atoms with Crippen molar-refractivity contribution in [3.05, 3.63) is 29.3 Å². The second-order valence-corrected chi connectivity index (χ2v) is 6.44. The molecule has 23 heavy (non-hydrogen) atoms. The maximum Gasteiger partial charge on any atom is 0.326 e. The summed E-state index contributed by atoms with van der Waals surface area (Å²) in [5.41, 5.74) is 2.32. The molecule has 1 fully saturated rings. The van der Waals surface area contributed by atoms with Gasteiger partial charge in [-0.3, -0.25) is 14.5 Å². The third-order valence-corrected chi connectivity index (χ3v) is 4.34. The van der Waals surface area contributed by atoms with E-state index >= 15 is 0 Å². The predicted octanol–water partition coefficient (Wildman–Crippen LogP) is 2.66. The van der Waals surface area contributed by atoms with Gasteiger partial charge in [0.25, 0.3) is 0 Å². The number of esters is 1. The van der Waals surface area contributed by atoms with Crippen LogP contribution in [-0.4, -0.2) is 42.0 Å². The van der Waals surface area contributed by atoms with Crippen LogP contribution in [0.3, 0.4) is 0 Å². The Morgan fingerprint density at radius 3 is 2.52 bits per heavy atom. The average Bonchev–Trinajstić information content (AvgIpc) is 2.80. The number of hydrogen-bond acceptors (Lipinski definition) is 4. The van der Waals surface area contributed by atoms with Crippen LogP contribution in [0.2, 0.25) is 0 Å². The van der Waals surface area contributed by atoms with E-state index in [2.05, 4.69) is 11.4 Å². The van der Waals surface area contributed by atoms with Crippen molar-refractivity contribution in [2.24, 2.45) is 0 Å². The van der Waals surface area contributed by atoms with Gasteiger partial charge in [-0.25, -0.2) is 0 Å². The van der Waals surface area contributed by atoms with E-state index in [1.54, 1.807) is 6.92 Å². The normalized spacial score (nSPS) is 21.2. The summed E-state index contributed by atoms with van der Waals surface area (Å²) in [5, 5.41) is 2.93. The summed E-state index contributed by atoms with van der Waals surface area (Å²) in [5.74, 6) is -0.343. The molecule has 1 aliphatic heterocycles. The first-order valence-electron chi connectivity index (χ1n) is 8.15. The summed E-state index contributed by atoms with van der Waals surface area (Å²) < 4.78 is 5.18. The van der Waals surface area contributed by atoms with Crippen molar-refractivity contribution in [2.45, 2.75) is 46.1 Å². The number of nitrogens with one attached hydrogen (secondary N) is 1. The predicted molar refractivity (Wildman–Crippen MR) is 90.4 cm³/mol. The standard InChI is InChI=1S/C18H26N2O3/c1-5-23-17(22)18(4)7-6-8-20(18)12-16(21)19-15-10-13(2)9-14(3)11-15/h9-11H,5-8,12H2,1-4H3,(H,19,21)/t18-/m0/s1. The van der Waals surface area contributed by atoms with E-state index < -0.39 is 5.54 Å². The Morgan fingerprint density at radius 1 is 1.26 bits per heavy atom. The van der Waals surface area contributed by atoms with Gasteiger partial charge in [-0.15, -0.1) is 0 Å². The molecule has 5 nitrogen and oxygen atoms in total. The first-order valence-corrected chi connectivity index (χ1v) is 8.15. The topological polar surface area (TPSA) is 58.6 Å². The number of anilines is 1. The maximum atomic E-state index is 12.4. The van der Waals surface area contributed by atoms with Crippen molar-refractivity contribution in [1.82, 2.24) is 4.90 Å². The monoisotopic (exact) mass is 318 g/mol. The molecule has 1 aromatic carbocycles. The van der Waals surface area contributed by atoms with Gasteiger partial charge in [0, 0.05) is 5.69 Å². The van der Waals surface area contributed by atoms with Gasteiger partial charge in [-0.1, -0.05) is 6.07 Å². The van der Waals surface area contributed by atoms with Crippen molar-refractivity contribution >= 4 is 17.6 Å². The summed E-state index contributed by atoms with van der Waals surface area (Å²) >= 11 is 0. The molecule has 1 saturated heterocycles. The molecular formula is C18H26N2O3. The van der Waals surface area contributed by atoms with Gasteiger partial charge >= 0.3 is 5.97 Å². The smallest absolute Gasteiger partial charge is 0.326 e. The Balaban J connectivity index is 2.02. The Kier molecular flexibility index (Phi) is 5.42. The van der Waals surface area contributed by atoms with Gasteiger partial charge < -0.3 is 10.1 Å². The number of likely N-dealkylation sites (tertiary alicyclic amines) is 1. The van der Waals surface area contributed by atoms with Gasteiger partial charge in [0.15, 0.2) is 0 Å². The third-order valence-electron chi connectivity index (χ3n) is 4.34.